The number of aromatic nitrogens is 4. The van der Waals surface area contributed by atoms with Crippen molar-refractivity contribution in [2.24, 2.45) is 0 Å². The highest BCUT2D eigenvalue weighted by atomic mass is 32.2. The van der Waals surface area contributed by atoms with Crippen molar-refractivity contribution in [2.75, 3.05) is 5.32 Å². The summed E-state index contributed by atoms with van der Waals surface area (Å²) in [5.74, 6) is -0.225. The van der Waals surface area contributed by atoms with Gasteiger partial charge in [0.15, 0.2) is 0 Å². The number of para-hydroxylation sites is 1. The summed E-state index contributed by atoms with van der Waals surface area (Å²) in [4.78, 5) is 12.5. The van der Waals surface area contributed by atoms with Crippen LogP contribution in [0.1, 0.15) is 23.6 Å². The zero-order chi connectivity index (χ0) is 19.4. The highest BCUT2D eigenvalue weighted by Crippen LogP contribution is 2.25. The predicted molar refractivity (Wildman–Crippen MR) is 104 cm³/mol. The van der Waals surface area contributed by atoms with Gasteiger partial charge >= 0.3 is 0 Å². The van der Waals surface area contributed by atoms with Crippen molar-refractivity contribution in [1.29, 1.82) is 5.26 Å². The summed E-state index contributed by atoms with van der Waals surface area (Å²) in [6, 6.07) is 14.9. The van der Waals surface area contributed by atoms with Crippen LogP contribution in [0.5, 0.6) is 0 Å². The van der Waals surface area contributed by atoms with Gasteiger partial charge in [-0.3, -0.25) is 4.79 Å². The van der Waals surface area contributed by atoms with E-state index in [1.807, 2.05) is 32.0 Å². The number of anilines is 1. The van der Waals surface area contributed by atoms with E-state index in [2.05, 4.69) is 26.9 Å². The Hall–Kier alpha value is -3.18. The molecule has 2 aromatic carbocycles. The van der Waals surface area contributed by atoms with E-state index in [9.17, 15) is 4.79 Å². The van der Waals surface area contributed by atoms with E-state index >= 15 is 0 Å². The van der Waals surface area contributed by atoms with Gasteiger partial charge in [0.25, 0.3) is 0 Å². The number of nitriles is 1. The van der Waals surface area contributed by atoms with E-state index in [-0.39, 0.29) is 5.91 Å². The van der Waals surface area contributed by atoms with Crippen molar-refractivity contribution >= 4 is 23.4 Å². The lowest BCUT2D eigenvalue weighted by atomic mass is 10.1. The van der Waals surface area contributed by atoms with Crippen LogP contribution >= 0.6 is 11.8 Å². The number of carbonyl (C=O) groups is 1. The van der Waals surface area contributed by atoms with Crippen LogP contribution in [-0.4, -0.2) is 31.4 Å². The molecule has 1 amide bonds. The number of benzene rings is 2. The van der Waals surface area contributed by atoms with Gasteiger partial charge in [-0.15, -0.1) is 5.10 Å². The summed E-state index contributed by atoms with van der Waals surface area (Å²) >= 11 is 1.25. The normalized spacial score (nSPS) is 11.6. The second kappa shape index (κ2) is 8.01. The molecule has 1 unspecified atom stereocenters. The first kappa shape index (κ1) is 18.6. The van der Waals surface area contributed by atoms with Crippen molar-refractivity contribution in [3.8, 4) is 11.8 Å². The fourth-order valence-electron chi connectivity index (χ4n) is 2.41. The summed E-state index contributed by atoms with van der Waals surface area (Å²) in [7, 11) is 0. The Kier molecular flexibility index (Phi) is 5.52. The summed E-state index contributed by atoms with van der Waals surface area (Å²) in [6.07, 6.45) is 0. The van der Waals surface area contributed by atoms with Crippen LogP contribution in [0.2, 0.25) is 0 Å². The maximum Gasteiger partial charge on any atom is 0.237 e. The van der Waals surface area contributed by atoms with Crippen LogP contribution in [0.15, 0.2) is 47.6 Å². The maximum atomic E-state index is 12.5. The van der Waals surface area contributed by atoms with Gasteiger partial charge in [0.05, 0.1) is 22.2 Å². The number of thioether (sulfide) groups is 1. The SMILES string of the molecule is Cc1ccc(-n2nnnc2SC(C)C(=O)Nc2ccccc2C#N)cc1C. The second-order valence-corrected chi connectivity index (χ2v) is 7.36. The van der Waals surface area contributed by atoms with E-state index in [0.717, 1.165) is 11.3 Å². The van der Waals surface area contributed by atoms with Gasteiger partial charge in [0.1, 0.15) is 6.07 Å². The Balaban J connectivity index is 1.76. The third kappa shape index (κ3) is 4.15. The van der Waals surface area contributed by atoms with E-state index in [0.29, 0.717) is 16.4 Å². The average Bonchev–Trinajstić information content (AvgIpc) is 3.12. The molecule has 0 aliphatic carbocycles. The lowest BCUT2D eigenvalue weighted by Crippen LogP contribution is -2.23. The molecule has 0 spiro atoms. The van der Waals surface area contributed by atoms with E-state index in [1.165, 1.54) is 17.3 Å². The lowest BCUT2D eigenvalue weighted by Gasteiger charge is -2.13. The fraction of sp³-hybridized carbons (Fsp3) is 0.211. The Morgan fingerprint density at radius 3 is 2.74 bits per heavy atom. The topological polar surface area (TPSA) is 96.5 Å². The molecule has 0 aliphatic heterocycles. The number of carbonyl (C=O) groups excluding carboxylic acids is 1. The largest absolute Gasteiger partial charge is 0.324 e. The smallest absolute Gasteiger partial charge is 0.237 e. The van der Waals surface area contributed by atoms with Gasteiger partial charge in [0, 0.05) is 0 Å². The minimum Gasteiger partial charge on any atom is -0.324 e. The van der Waals surface area contributed by atoms with Crippen LogP contribution in [0, 0.1) is 25.2 Å². The van der Waals surface area contributed by atoms with Gasteiger partial charge in [-0.05, 0) is 66.6 Å². The Morgan fingerprint density at radius 2 is 2.00 bits per heavy atom. The molecule has 7 nitrogen and oxygen atoms in total. The molecule has 1 heterocycles. The highest BCUT2D eigenvalue weighted by molar-refractivity contribution is 8.00. The summed E-state index contributed by atoms with van der Waals surface area (Å²) < 4.78 is 1.62. The third-order valence-corrected chi connectivity index (χ3v) is 5.17. The molecule has 0 fully saturated rings. The molecule has 136 valence electrons. The minimum absolute atomic E-state index is 0.225. The molecule has 1 atom stereocenters. The molecule has 1 N–H and O–H groups in total. The molecule has 27 heavy (non-hydrogen) atoms. The van der Waals surface area contributed by atoms with E-state index in [1.54, 1.807) is 35.9 Å². The van der Waals surface area contributed by atoms with E-state index < -0.39 is 5.25 Å². The van der Waals surface area contributed by atoms with Crippen LogP contribution in [0.4, 0.5) is 5.69 Å². The first-order chi connectivity index (χ1) is 13.0. The van der Waals surface area contributed by atoms with Crippen LogP contribution < -0.4 is 5.32 Å². The summed E-state index contributed by atoms with van der Waals surface area (Å²) in [5.41, 5.74) is 4.07. The standard InChI is InChI=1S/C19H18N6OS/c1-12-8-9-16(10-13(12)2)25-19(22-23-24-25)27-14(3)18(26)21-17-7-5-4-6-15(17)11-20/h4-10,14H,1-3H3,(H,21,26). The van der Waals surface area contributed by atoms with Crippen LogP contribution in [0.3, 0.4) is 0 Å². The van der Waals surface area contributed by atoms with Gasteiger partial charge in [0.2, 0.25) is 11.1 Å². The van der Waals surface area contributed by atoms with E-state index in [4.69, 9.17) is 5.26 Å². The number of nitrogens with one attached hydrogen (secondary N) is 1. The monoisotopic (exact) mass is 378 g/mol. The molecule has 0 saturated heterocycles. The Labute approximate surface area is 161 Å². The minimum atomic E-state index is -0.451. The molecule has 8 heteroatoms. The highest BCUT2D eigenvalue weighted by Gasteiger charge is 2.20. The number of amides is 1. The van der Waals surface area contributed by atoms with Crippen LogP contribution in [-0.2, 0) is 4.79 Å². The molecular formula is C19H18N6OS. The molecule has 3 aromatic rings. The number of hydrogen-bond donors (Lipinski definition) is 1. The first-order valence-electron chi connectivity index (χ1n) is 8.32. The third-order valence-electron chi connectivity index (χ3n) is 4.13. The summed E-state index contributed by atoms with van der Waals surface area (Å²) in [6.45, 7) is 5.84. The van der Waals surface area contributed by atoms with Crippen molar-refractivity contribution in [3.63, 3.8) is 0 Å². The Bertz CT molecular complexity index is 1020. The molecule has 1 aromatic heterocycles. The number of hydrogen-bond acceptors (Lipinski definition) is 6. The number of tetrazole rings is 1. The quantitative estimate of drug-likeness (QED) is 0.685. The van der Waals surface area contributed by atoms with Crippen molar-refractivity contribution in [2.45, 2.75) is 31.2 Å². The molecular weight excluding hydrogens is 360 g/mol. The molecule has 0 aliphatic rings. The van der Waals surface area contributed by atoms with Gasteiger partial charge < -0.3 is 5.32 Å². The molecule has 0 saturated carbocycles. The van der Waals surface area contributed by atoms with Gasteiger partial charge in [-0.1, -0.05) is 30.0 Å². The number of aryl methyl sites for hydroxylation is 2. The molecule has 0 radical (unpaired) electrons. The maximum absolute atomic E-state index is 12.5. The van der Waals surface area contributed by atoms with Gasteiger partial charge in [-0.25, -0.2) is 0 Å². The molecule has 3 rings (SSSR count). The zero-order valence-corrected chi connectivity index (χ0v) is 16.0. The predicted octanol–water partition coefficient (Wildman–Crippen LogP) is 3.27. The lowest BCUT2D eigenvalue weighted by molar-refractivity contribution is -0.115. The van der Waals surface area contributed by atoms with Crippen molar-refractivity contribution in [3.05, 3.63) is 59.2 Å². The fourth-order valence-corrected chi connectivity index (χ4v) is 3.22. The summed E-state index contributed by atoms with van der Waals surface area (Å²) in [5, 5.41) is 23.8. The first-order valence-corrected chi connectivity index (χ1v) is 9.20. The van der Waals surface area contributed by atoms with Crippen LogP contribution in [0.25, 0.3) is 5.69 Å². The van der Waals surface area contributed by atoms with Crippen molar-refractivity contribution in [1.82, 2.24) is 20.2 Å². The number of rotatable bonds is 5. The molecule has 0 bridgehead atoms. The average molecular weight is 378 g/mol. The van der Waals surface area contributed by atoms with Crippen molar-refractivity contribution < 1.29 is 4.79 Å². The zero-order valence-electron chi connectivity index (χ0n) is 15.2. The van der Waals surface area contributed by atoms with Gasteiger partial charge in [-0.2, -0.15) is 9.94 Å². The number of nitrogens with zero attached hydrogens (tertiary/aromatic N) is 5. The second-order valence-electron chi connectivity index (χ2n) is 6.05. The Morgan fingerprint density at radius 1 is 1.22 bits per heavy atom.